The van der Waals surface area contributed by atoms with Gasteiger partial charge in [0.2, 0.25) is 10.0 Å². The topological polar surface area (TPSA) is 117 Å². The van der Waals surface area contributed by atoms with Crippen molar-refractivity contribution in [3.05, 3.63) is 70.3 Å². The van der Waals surface area contributed by atoms with E-state index >= 15 is 0 Å². The number of nitrogens with zero attached hydrogens (tertiary/aromatic N) is 2. The lowest BCUT2D eigenvalue weighted by atomic mass is 9.64. The van der Waals surface area contributed by atoms with E-state index in [1.54, 1.807) is 32.2 Å². The van der Waals surface area contributed by atoms with Gasteiger partial charge in [0.05, 0.1) is 17.5 Å². The van der Waals surface area contributed by atoms with Crippen LogP contribution in [0.5, 0.6) is 5.75 Å². The molecule has 6 atom stereocenters. The second kappa shape index (κ2) is 16.9. The summed E-state index contributed by atoms with van der Waals surface area (Å²) in [5, 5.41) is 3.25. The molecular formula is C43H61ClN4O6S. The van der Waals surface area contributed by atoms with E-state index in [1.807, 2.05) is 25.1 Å². The average Bonchev–Trinajstić information content (AvgIpc) is 3.32. The van der Waals surface area contributed by atoms with Crippen LogP contribution in [0, 0.1) is 17.8 Å². The number of ether oxygens (including phenoxy) is 2. The minimum atomic E-state index is -3.97. The molecule has 2 aromatic rings. The van der Waals surface area contributed by atoms with Gasteiger partial charge in [0.25, 0.3) is 5.91 Å². The Balaban J connectivity index is 0.000000403. The van der Waals surface area contributed by atoms with Gasteiger partial charge in [-0.3, -0.25) is 14.5 Å². The quantitative estimate of drug-likeness (QED) is 0.263. The van der Waals surface area contributed by atoms with Crippen LogP contribution in [0.3, 0.4) is 0 Å². The molecular weight excluding hydrogens is 736 g/mol. The van der Waals surface area contributed by atoms with E-state index < -0.39 is 26.8 Å². The molecule has 7 rings (SSSR count). The predicted molar refractivity (Wildman–Crippen MR) is 220 cm³/mol. The number of sulfonamides is 1. The SMILES string of the molecule is CCC(C)(C)N1CCNCC1.CO[C@@]1(C=O)/C=C/C[C@H](C)[C@@H](C)S(=O)(=O)NC(=O)c2ccc3c(c2)N(C[C@@H]2CC[C@H]21)C[C@@]1(CCCc2cc(Cl)ccc21)CO3. The number of amides is 1. The van der Waals surface area contributed by atoms with E-state index in [-0.39, 0.29) is 28.7 Å². The molecule has 1 saturated heterocycles. The first kappa shape index (κ1) is 41.7. The number of hydrogen-bond acceptors (Lipinski definition) is 9. The highest BCUT2D eigenvalue weighted by atomic mass is 35.5. The Morgan fingerprint density at radius 2 is 1.87 bits per heavy atom. The van der Waals surface area contributed by atoms with Crippen LogP contribution in [0.4, 0.5) is 5.69 Å². The van der Waals surface area contributed by atoms with E-state index in [0.29, 0.717) is 42.4 Å². The maximum Gasteiger partial charge on any atom is 0.264 e. The molecule has 12 heteroatoms. The Morgan fingerprint density at radius 3 is 2.55 bits per heavy atom. The third kappa shape index (κ3) is 8.66. The van der Waals surface area contributed by atoms with Gasteiger partial charge in [-0.1, -0.05) is 37.6 Å². The van der Waals surface area contributed by atoms with Crippen LogP contribution >= 0.6 is 11.6 Å². The average molecular weight is 798 g/mol. The number of aryl methyl sites for hydroxylation is 1. The number of hydrogen-bond donors (Lipinski definition) is 2. The van der Waals surface area contributed by atoms with Crippen LogP contribution < -0.4 is 19.7 Å². The molecule has 1 amide bonds. The zero-order valence-corrected chi connectivity index (χ0v) is 35.1. The number of benzene rings is 2. The lowest BCUT2D eigenvalue weighted by Crippen LogP contribution is -2.53. The summed E-state index contributed by atoms with van der Waals surface area (Å²) in [6, 6.07) is 11.3. The van der Waals surface area contributed by atoms with E-state index in [1.165, 1.54) is 30.6 Å². The third-order valence-corrected chi connectivity index (χ3v) is 15.7. The maximum absolute atomic E-state index is 13.4. The first-order valence-electron chi connectivity index (χ1n) is 20.2. The van der Waals surface area contributed by atoms with Crippen molar-refractivity contribution in [3.8, 4) is 5.75 Å². The summed E-state index contributed by atoms with van der Waals surface area (Å²) in [7, 11) is -2.41. The standard InChI is InChI=1S/C34H41ClN2O6S.C9H20N2/c1-22-6-4-15-34(20-38,42-3)29-11-8-26(29)18-37-19-33(14-5-7-24-16-27(35)10-12-28(24)33)21-43-31-13-9-25(17-30(31)37)32(39)36-44(40,41)23(22)2;1-4-9(2,3)11-7-5-10-6-8-11/h4,9-10,12-13,15-17,20,22-23,26,29H,5-8,11,14,18-19,21H2,1-3H3,(H,36,39);10H,4-8H2,1-3H3/b15-4+;/t22-,23+,26-,29+,33-,34+;/m0./s1. The van der Waals surface area contributed by atoms with Gasteiger partial charge in [-0.15, -0.1) is 0 Å². The van der Waals surface area contributed by atoms with Gasteiger partial charge in [-0.05, 0) is 125 Å². The molecule has 0 aromatic heterocycles. The van der Waals surface area contributed by atoms with Crippen molar-refractivity contribution < 1.29 is 27.5 Å². The predicted octanol–water partition coefficient (Wildman–Crippen LogP) is 6.55. The van der Waals surface area contributed by atoms with Crippen molar-refractivity contribution in [1.82, 2.24) is 14.9 Å². The Hall–Kier alpha value is -2.96. The van der Waals surface area contributed by atoms with Gasteiger partial charge in [-0.25, -0.2) is 13.1 Å². The molecule has 55 heavy (non-hydrogen) atoms. The van der Waals surface area contributed by atoms with Crippen molar-refractivity contribution in [3.63, 3.8) is 0 Å². The first-order valence-corrected chi connectivity index (χ1v) is 22.1. The highest BCUT2D eigenvalue weighted by Gasteiger charge is 2.49. The number of nitrogens with one attached hydrogen (secondary N) is 2. The Kier molecular flexibility index (Phi) is 12.8. The van der Waals surface area contributed by atoms with Gasteiger partial charge < -0.3 is 19.7 Å². The van der Waals surface area contributed by atoms with Crippen molar-refractivity contribution in [1.29, 1.82) is 0 Å². The fourth-order valence-electron chi connectivity index (χ4n) is 9.18. The molecule has 0 radical (unpaired) electrons. The second-order valence-electron chi connectivity index (χ2n) is 17.1. The molecule has 1 spiro atoms. The van der Waals surface area contributed by atoms with Gasteiger partial charge in [-0.2, -0.15) is 0 Å². The first-order chi connectivity index (χ1) is 26.2. The van der Waals surface area contributed by atoms with E-state index in [9.17, 15) is 18.0 Å². The van der Waals surface area contributed by atoms with E-state index in [0.717, 1.165) is 57.2 Å². The number of allylic oxidation sites excluding steroid dienone is 1. The number of piperazine rings is 1. The van der Waals surface area contributed by atoms with Crippen molar-refractivity contribution in [2.45, 2.75) is 101 Å². The molecule has 3 aliphatic heterocycles. The number of fused-ring (bicyclic) bond motifs is 4. The fourth-order valence-corrected chi connectivity index (χ4v) is 10.7. The molecule has 10 nitrogen and oxygen atoms in total. The van der Waals surface area contributed by atoms with E-state index in [2.05, 4.69) is 52.7 Å². The normalized spacial score (nSPS) is 31.5. The molecule has 2 aliphatic carbocycles. The largest absolute Gasteiger partial charge is 0.490 e. The molecule has 2 N–H and O–H groups in total. The number of rotatable bonds is 4. The summed E-state index contributed by atoms with van der Waals surface area (Å²) in [6.07, 6.45) is 10.9. The lowest BCUT2D eigenvalue weighted by molar-refractivity contribution is -0.135. The highest BCUT2D eigenvalue weighted by Crippen LogP contribution is 2.48. The number of aldehydes is 1. The van der Waals surface area contributed by atoms with Gasteiger partial charge >= 0.3 is 0 Å². The van der Waals surface area contributed by atoms with E-state index in [4.69, 9.17) is 21.1 Å². The number of carbonyl (C=O) groups excluding carboxylic acids is 2. The molecule has 1 saturated carbocycles. The highest BCUT2D eigenvalue weighted by molar-refractivity contribution is 7.90. The number of halogens is 1. The zero-order valence-electron chi connectivity index (χ0n) is 33.5. The zero-order chi connectivity index (χ0) is 39.6. The summed E-state index contributed by atoms with van der Waals surface area (Å²) in [5.41, 5.74) is 2.45. The molecule has 2 fully saturated rings. The maximum atomic E-state index is 13.4. The van der Waals surface area contributed by atoms with Crippen molar-refractivity contribution in [2.75, 3.05) is 57.9 Å². The van der Waals surface area contributed by atoms with Crippen LogP contribution in [-0.2, 0) is 31.4 Å². The number of anilines is 1. The summed E-state index contributed by atoms with van der Waals surface area (Å²) >= 11 is 6.40. The Bertz CT molecular complexity index is 1850. The summed E-state index contributed by atoms with van der Waals surface area (Å²) in [6.45, 7) is 16.8. The van der Waals surface area contributed by atoms with Crippen LogP contribution in [0.2, 0.25) is 5.02 Å². The van der Waals surface area contributed by atoms with Crippen LogP contribution in [0.15, 0.2) is 48.6 Å². The van der Waals surface area contributed by atoms with Gasteiger partial charge in [0, 0.05) is 73.8 Å². The van der Waals surface area contributed by atoms with Crippen LogP contribution in [0.1, 0.15) is 94.6 Å². The molecule has 3 heterocycles. The smallest absolute Gasteiger partial charge is 0.264 e. The number of carbonyl (C=O) groups is 2. The van der Waals surface area contributed by atoms with Gasteiger partial charge in [0.1, 0.15) is 11.4 Å². The lowest BCUT2D eigenvalue weighted by Gasteiger charge is -2.48. The molecule has 2 bridgehead atoms. The van der Waals surface area contributed by atoms with Crippen LogP contribution in [-0.4, -0.2) is 94.9 Å². The third-order valence-electron chi connectivity index (χ3n) is 13.5. The Morgan fingerprint density at radius 1 is 1.11 bits per heavy atom. The summed E-state index contributed by atoms with van der Waals surface area (Å²) in [5.74, 6) is -0.203. The van der Waals surface area contributed by atoms with Crippen LogP contribution in [0.25, 0.3) is 0 Å². The minimum Gasteiger partial charge on any atom is -0.490 e. The summed E-state index contributed by atoms with van der Waals surface area (Å²) < 4.78 is 41.3. The molecule has 302 valence electrons. The number of methoxy groups -OCH3 is 1. The second-order valence-corrected chi connectivity index (χ2v) is 19.6. The molecule has 0 unspecified atom stereocenters. The monoisotopic (exact) mass is 796 g/mol. The Labute approximate surface area is 333 Å². The van der Waals surface area contributed by atoms with Crippen molar-refractivity contribution >= 4 is 39.5 Å². The minimum absolute atomic E-state index is 0.0434. The fraction of sp³-hybridized carbons (Fsp3) is 0.628. The van der Waals surface area contributed by atoms with Crippen molar-refractivity contribution in [2.24, 2.45) is 17.8 Å². The molecule has 2 aromatic carbocycles. The summed E-state index contributed by atoms with van der Waals surface area (Å²) in [4.78, 5) is 30.9. The molecule has 5 aliphatic rings. The van der Waals surface area contributed by atoms with Gasteiger partial charge in [0.15, 0.2) is 6.29 Å².